The summed E-state index contributed by atoms with van der Waals surface area (Å²) < 4.78 is 28.7. The normalized spacial score (nSPS) is 15.4. The average Bonchev–Trinajstić information content (AvgIpc) is 2.86. The number of rotatable bonds is 4. The average molecular weight is 364 g/mol. The fraction of sp³-hybridized carbons (Fsp3) is 0.333. The first-order valence-corrected chi connectivity index (χ1v) is 9.06. The standard InChI is InChI=1S/C15H16N4O5S/c1-11(20)13-9-12-10-17(7-4-8-18(12)16-13)25(23,24)15-6-3-2-5-14(15)19(21)22/h2-3,5-6,9H,4,7-8,10H2,1H3. The SMILES string of the molecule is CC(=O)c1cc2n(n1)CCCN(S(=O)(=O)c1ccccc1[N+](=O)[O-])C2. The van der Waals surface area contributed by atoms with E-state index < -0.39 is 20.6 Å². The van der Waals surface area contributed by atoms with Gasteiger partial charge < -0.3 is 0 Å². The molecule has 0 atom stereocenters. The molecule has 2 aromatic rings. The lowest BCUT2D eigenvalue weighted by Gasteiger charge is -2.19. The number of nitro groups is 1. The summed E-state index contributed by atoms with van der Waals surface area (Å²) in [5.74, 6) is -0.200. The van der Waals surface area contributed by atoms with E-state index in [4.69, 9.17) is 0 Å². The van der Waals surface area contributed by atoms with Crippen molar-refractivity contribution < 1.29 is 18.1 Å². The predicted octanol–water partition coefficient (Wildman–Crippen LogP) is 1.59. The number of ketones is 1. The van der Waals surface area contributed by atoms with Crippen LogP contribution in [0.1, 0.15) is 29.5 Å². The number of carbonyl (C=O) groups is 1. The van der Waals surface area contributed by atoms with Crippen molar-refractivity contribution in [1.29, 1.82) is 0 Å². The van der Waals surface area contributed by atoms with Gasteiger partial charge in [-0.25, -0.2) is 8.42 Å². The number of benzene rings is 1. The molecule has 1 aromatic carbocycles. The zero-order valence-corrected chi connectivity index (χ0v) is 14.3. The van der Waals surface area contributed by atoms with Crippen LogP contribution in [0.15, 0.2) is 35.2 Å². The fourth-order valence-corrected chi connectivity index (χ4v) is 4.38. The van der Waals surface area contributed by atoms with Gasteiger partial charge in [-0.2, -0.15) is 9.40 Å². The van der Waals surface area contributed by atoms with E-state index in [9.17, 15) is 23.3 Å². The van der Waals surface area contributed by atoms with Crippen LogP contribution >= 0.6 is 0 Å². The number of aromatic nitrogens is 2. The maximum atomic E-state index is 12.9. The number of aryl methyl sites for hydroxylation is 1. The van der Waals surface area contributed by atoms with Gasteiger partial charge in [-0.05, 0) is 18.6 Å². The van der Waals surface area contributed by atoms with Gasteiger partial charge in [0.05, 0.1) is 17.2 Å². The Morgan fingerprint density at radius 2 is 2.00 bits per heavy atom. The molecule has 10 heteroatoms. The van der Waals surface area contributed by atoms with Crippen molar-refractivity contribution in [3.05, 3.63) is 51.8 Å². The molecule has 0 saturated heterocycles. The summed E-state index contributed by atoms with van der Waals surface area (Å²) in [4.78, 5) is 21.6. The molecule has 0 N–H and O–H groups in total. The Kier molecular flexibility index (Phi) is 4.39. The zero-order chi connectivity index (χ0) is 18.2. The first-order chi connectivity index (χ1) is 11.8. The smallest absolute Gasteiger partial charge is 0.289 e. The fourth-order valence-electron chi connectivity index (χ4n) is 2.78. The van der Waals surface area contributed by atoms with Gasteiger partial charge in [0.15, 0.2) is 10.7 Å². The maximum absolute atomic E-state index is 12.9. The van der Waals surface area contributed by atoms with E-state index in [0.29, 0.717) is 18.7 Å². The van der Waals surface area contributed by atoms with Crippen LogP contribution in [0.2, 0.25) is 0 Å². The summed E-state index contributed by atoms with van der Waals surface area (Å²) in [6.07, 6.45) is 0.492. The topological polar surface area (TPSA) is 115 Å². The molecule has 1 aliphatic rings. The van der Waals surface area contributed by atoms with E-state index >= 15 is 0 Å². The van der Waals surface area contributed by atoms with Crippen LogP contribution in [0.5, 0.6) is 0 Å². The molecule has 0 spiro atoms. The molecule has 1 aliphatic heterocycles. The third-order valence-corrected chi connectivity index (χ3v) is 5.91. The summed E-state index contributed by atoms with van der Waals surface area (Å²) in [5, 5.41) is 15.3. The Balaban J connectivity index is 2.00. The molecular formula is C15H16N4O5S. The quantitative estimate of drug-likeness (QED) is 0.462. The van der Waals surface area contributed by atoms with Gasteiger partial charge in [0, 0.05) is 26.1 Å². The zero-order valence-electron chi connectivity index (χ0n) is 13.5. The molecule has 25 heavy (non-hydrogen) atoms. The van der Waals surface area contributed by atoms with E-state index in [1.54, 1.807) is 10.7 Å². The van der Waals surface area contributed by atoms with Gasteiger partial charge in [-0.15, -0.1) is 0 Å². The monoisotopic (exact) mass is 364 g/mol. The lowest BCUT2D eigenvalue weighted by atomic mass is 10.3. The van der Waals surface area contributed by atoms with Crippen molar-refractivity contribution in [2.45, 2.75) is 31.3 Å². The number of Topliss-reactive ketones (excluding diaryl/α,β-unsaturated/α-hetero) is 1. The number of fused-ring (bicyclic) bond motifs is 1. The summed E-state index contributed by atoms with van der Waals surface area (Å²) in [6.45, 7) is 2.09. The summed E-state index contributed by atoms with van der Waals surface area (Å²) >= 11 is 0. The minimum Gasteiger partial charge on any atom is -0.293 e. The van der Waals surface area contributed by atoms with Crippen molar-refractivity contribution in [3.63, 3.8) is 0 Å². The summed E-state index contributed by atoms with van der Waals surface area (Å²) in [7, 11) is -4.05. The number of carbonyl (C=O) groups excluding carboxylic acids is 1. The molecule has 9 nitrogen and oxygen atoms in total. The predicted molar refractivity (Wildman–Crippen MR) is 87.5 cm³/mol. The molecule has 0 aliphatic carbocycles. The van der Waals surface area contributed by atoms with E-state index in [2.05, 4.69) is 5.10 Å². The Morgan fingerprint density at radius 3 is 2.68 bits per heavy atom. The highest BCUT2D eigenvalue weighted by Crippen LogP contribution is 2.28. The Hall–Kier alpha value is -2.59. The van der Waals surface area contributed by atoms with Crippen LogP contribution in [0.25, 0.3) is 0 Å². The largest absolute Gasteiger partial charge is 0.293 e. The summed E-state index contributed by atoms with van der Waals surface area (Å²) in [6, 6.07) is 6.85. The van der Waals surface area contributed by atoms with Gasteiger partial charge in [0.2, 0.25) is 10.0 Å². The molecular weight excluding hydrogens is 348 g/mol. The first-order valence-electron chi connectivity index (χ1n) is 7.62. The van der Waals surface area contributed by atoms with Crippen molar-refractivity contribution in [3.8, 4) is 0 Å². The molecule has 0 saturated carbocycles. The van der Waals surface area contributed by atoms with Crippen LogP contribution in [-0.4, -0.2) is 39.8 Å². The maximum Gasteiger partial charge on any atom is 0.289 e. The number of hydrogen-bond donors (Lipinski definition) is 0. The lowest BCUT2D eigenvalue weighted by Crippen LogP contribution is -2.31. The van der Waals surface area contributed by atoms with Gasteiger partial charge >= 0.3 is 0 Å². The lowest BCUT2D eigenvalue weighted by molar-refractivity contribution is -0.387. The Bertz CT molecular complexity index is 951. The van der Waals surface area contributed by atoms with Crippen molar-refractivity contribution >= 4 is 21.5 Å². The molecule has 132 valence electrons. The second-order valence-corrected chi connectivity index (χ2v) is 7.62. The van der Waals surface area contributed by atoms with E-state index in [-0.39, 0.29) is 29.5 Å². The van der Waals surface area contributed by atoms with Crippen LogP contribution in [0, 0.1) is 10.1 Å². The molecule has 0 fully saturated rings. The Labute approximate surface area is 144 Å². The number of nitrogens with zero attached hydrogens (tertiary/aromatic N) is 4. The third kappa shape index (κ3) is 3.17. The number of sulfonamides is 1. The second kappa shape index (κ2) is 6.37. The van der Waals surface area contributed by atoms with Crippen LogP contribution < -0.4 is 0 Å². The van der Waals surface area contributed by atoms with Crippen LogP contribution in [-0.2, 0) is 23.1 Å². The van der Waals surface area contributed by atoms with E-state index in [0.717, 1.165) is 0 Å². The van der Waals surface area contributed by atoms with E-state index in [1.165, 1.54) is 35.5 Å². The number of para-hydroxylation sites is 1. The highest BCUT2D eigenvalue weighted by Gasteiger charge is 2.33. The van der Waals surface area contributed by atoms with E-state index in [1.807, 2.05) is 0 Å². The molecule has 0 bridgehead atoms. The molecule has 0 radical (unpaired) electrons. The number of hydrogen-bond acceptors (Lipinski definition) is 6. The van der Waals surface area contributed by atoms with Gasteiger partial charge in [-0.3, -0.25) is 19.6 Å². The van der Waals surface area contributed by atoms with Crippen LogP contribution in [0.3, 0.4) is 0 Å². The van der Waals surface area contributed by atoms with Crippen molar-refractivity contribution in [2.24, 2.45) is 0 Å². The minimum atomic E-state index is -4.05. The summed E-state index contributed by atoms with van der Waals surface area (Å²) in [5.41, 5.74) is 0.412. The molecule has 2 heterocycles. The third-order valence-electron chi connectivity index (χ3n) is 4.02. The molecule has 0 unspecified atom stereocenters. The second-order valence-electron chi connectivity index (χ2n) is 5.72. The van der Waals surface area contributed by atoms with Gasteiger partial charge in [0.25, 0.3) is 5.69 Å². The molecule has 1 aromatic heterocycles. The van der Waals surface area contributed by atoms with Crippen molar-refractivity contribution in [2.75, 3.05) is 6.54 Å². The molecule has 3 rings (SSSR count). The molecule has 0 amide bonds. The highest BCUT2D eigenvalue weighted by atomic mass is 32.2. The van der Waals surface area contributed by atoms with Gasteiger partial charge in [0.1, 0.15) is 5.69 Å². The number of nitro benzene ring substituents is 1. The van der Waals surface area contributed by atoms with Gasteiger partial charge in [-0.1, -0.05) is 12.1 Å². The minimum absolute atomic E-state index is 0.00859. The highest BCUT2D eigenvalue weighted by molar-refractivity contribution is 7.89. The van der Waals surface area contributed by atoms with Crippen molar-refractivity contribution in [1.82, 2.24) is 14.1 Å². The first kappa shape index (κ1) is 17.2. The Morgan fingerprint density at radius 1 is 1.28 bits per heavy atom. The van der Waals surface area contributed by atoms with Crippen LogP contribution in [0.4, 0.5) is 5.69 Å².